The maximum Gasteiger partial charge on any atom is 0.338 e. The molecule has 0 unspecified atom stereocenters. The number of esters is 2. The van der Waals surface area contributed by atoms with Crippen LogP contribution in [0.5, 0.6) is 5.75 Å². The van der Waals surface area contributed by atoms with Crippen molar-refractivity contribution in [3.8, 4) is 5.75 Å². The Labute approximate surface area is 218 Å². The molecule has 192 valence electrons. The third kappa shape index (κ3) is 5.27. The minimum atomic E-state index is -0.712. The van der Waals surface area contributed by atoms with Gasteiger partial charge in [0.1, 0.15) is 5.75 Å². The van der Waals surface area contributed by atoms with Gasteiger partial charge in [0.05, 0.1) is 48.2 Å². The van der Waals surface area contributed by atoms with Gasteiger partial charge < -0.3 is 14.2 Å². The molecule has 0 N–H and O–H groups in total. The van der Waals surface area contributed by atoms with Crippen molar-refractivity contribution in [3.63, 3.8) is 0 Å². The van der Waals surface area contributed by atoms with Crippen LogP contribution in [-0.4, -0.2) is 37.3 Å². The zero-order valence-corrected chi connectivity index (χ0v) is 22.0. The van der Waals surface area contributed by atoms with E-state index in [1.54, 1.807) is 48.9 Å². The molecule has 3 aromatic rings. The van der Waals surface area contributed by atoms with E-state index in [0.29, 0.717) is 38.3 Å². The normalized spacial score (nSPS) is 15.1. The highest BCUT2D eigenvalue weighted by Gasteiger charge is 2.34. The minimum Gasteiger partial charge on any atom is -0.497 e. The molecule has 8 nitrogen and oxygen atoms in total. The number of benzene rings is 2. The number of hydrogen-bond acceptors (Lipinski definition) is 8. The molecule has 0 fully saturated rings. The summed E-state index contributed by atoms with van der Waals surface area (Å²) in [5.74, 6) is -0.308. The molecule has 0 radical (unpaired) electrons. The number of aromatic nitrogens is 1. The Kier molecular flexibility index (Phi) is 8.03. The first-order chi connectivity index (χ1) is 17.9. The van der Waals surface area contributed by atoms with Crippen molar-refractivity contribution in [2.75, 3.05) is 20.8 Å². The molecular weight excluding hydrogens is 492 g/mol. The van der Waals surface area contributed by atoms with Gasteiger partial charge in [-0.3, -0.25) is 9.36 Å². The smallest absolute Gasteiger partial charge is 0.338 e. The summed E-state index contributed by atoms with van der Waals surface area (Å²) in [7, 11) is 2.90. The molecule has 37 heavy (non-hydrogen) atoms. The molecule has 1 aromatic heterocycles. The Hall–Kier alpha value is -3.98. The molecular formula is C28H28N2O6S. The summed E-state index contributed by atoms with van der Waals surface area (Å²) in [5.41, 5.74) is 2.59. The second-order valence-electron chi connectivity index (χ2n) is 8.30. The van der Waals surface area contributed by atoms with Crippen LogP contribution < -0.4 is 19.6 Å². The van der Waals surface area contributed by atoms with Crippen molar-refractivity contribution in [2.45, 2.75) is 32.7 Å². The van der Waals surface area contributed by atoms with Crippen LogP contribution in [-0.2, 0) is 14.3 Å². The quantitative estimate of drug-likeness (QED) is 0.423. The molecule has 0 aliphatic carbocycles. The van der Waals surface area contributed by atoms with Crippen LogP contribution in [0.15, 0.2) is 69.6 Å². The molecule has 2 heterocycles. The monoisotopic (exact) mass is 520 g/mol. The molecule has 0 bridgehead atoms. The van der Waals surface area contributed by atoms with E-state index in [2.05, 4.69) is 0 Å². The van der Waals surface area contributed by atoms with Gasteiger partial charge in [0.2, 0.25) is 0 Å². The van der Waals surface area contributed by atoms with Crippen LogP contribution in [0.1, 0.15) is 54.2 Å². The van der Waals surface area contributed by atoms with Gasteiger partial charge in [0, 0.05) is 0 Å². The number of thiazole rings is 1. The van der Waals surface area contributed by atoms with E-state index in [0.717, 1.165) is 17.5 Å². The summed E-state index contributed by atoms with van der Waals surface area (Å²) in [6.07, 6.45) is 3.09. The molecule has 1 aliphatic heterocycles. The van der Waals surface area contributed by atoms with Crippen molar-refractivity contribution >= 4 is 29.4 Å². The van der Waals surface area contributed by atoms with Gasteiger partial charge in [-0.15, -0.1) is 0 Å². The average Bonchev–Trinajstić information content (AvgIpc) is 3.22. The SMILES string of the molecule is CCCC1=C(C(=O)OCC)[C@@H](c2cccc(OC)c2)n2c(s/c(=C\c3ccc(C(=O)OC)cc3)c2=O)=N1. The van der Waals surface area contributed by atoms with E-state index in [4.69, 9.17) is 19.2 Å². The van der Waals surface area contributed by atoms with Crippen LogP contribution >= 0.6 is 11.3 Å². The van der Waals surface area contributed by atoms with E-state index in [1.807, 2.05) is 31.2 Å². The Bertz CT molecular complexity index is 1530. The molecule has 1 atom stereocenters. The number of carbonyl (C=O) groups is 2. The minimum absolute atomic E-state index is 0.207. The predicted octanol–water partition coefficient (Wildman–Crippen LogP) is 3.37. The second-order valence-corrected chi connectivity index (χ2v) is 9.31. The van der Waals surface area contributed by atoms with Crippen molar-refractivity contribution < 1.29 is 23.8 Å². The van der Waals surface area contributed by atoms with E-state index < -0.39 is 18.0 Å². The van der Waals surface area contributed by atoms with Crippen molar-refractivity contribution in [1.29, 1.82) is 0 Å². The summed E-state index contributed by atoms with van der Waals surface area (Å²) in [5, 5.41) is 0. The molecule has 0 saturated heterocycles. The molecule has 4 rings (SSSR count). The van der Waals surface area contributed by atoms with Gasteiger partial charge in [-0.2, -0.15) is 0 Å². The second kappa shape index (κ2) is 11.4. The summed E-state index contributed by atoms with van der Waals surface area (Å²) < 4.78 is 17.6. The maximum atomic E-state index is 13.8. The highest BCUT2D eigenvalue weighted by Crippen LogP contribution is 2.33. The maximum absolute atomic E-state index is 13.8. The number of hydrogen-bond donors (Lipinski definition) is 0. The zero-order chi connectivity index (χ0) is 26.5. The fourth-order valence-corrected chi connectivity index (χ4v) is 5.25. The summed E-state index contributed by atoms with van der Waals surface area (Å²) in [6.45, 7) is 3.97. The lowest BCUT2D eigenvalue weighted by molar-refractivity contribution is -0.139. The van der Waals surface area contributed by atoms with Gasteiger partial charge in [0.15, 0.2) is 4.80 Å². The lowest BCUT2D eigenvalue weighted by Crippen LogP contribution is -2.40. The molecule has 0 saturated carbocycles. The van der Waals surface area contributed by atoms with Crippen molar-refractivity contribution in [1.82, 2.24) is 4.57 Å². The number of fused-ring (bicyclic) bond motifs is 1. The predicted molar refractivity (Wildman–Crippen MR) is 140 cm³/mol. The van der Waals surface area contributed by atoms with Crippen LogP contribution in [0.2, 0.25) is 0 Å². The first-order valence-corrected chi connectivity index (χ1v) is 12.8. The van der Waals surface area contributed by atoms with Gasteiger partial charge in [-0.05, 0) is 54.8 Å². The Balaban J connectivity index is 1.93. The van der Waals surface area contributed by atoms with Gasteiger partial charge in [-0.25, -0.2) is 14.6 Å². The van der Waals surface area contributed by atoms with Gasteiger partial charge >= 0.3 is 11.9 Å². The van der Waals surface area contributed by atoms with Crippen molar-refractivity contribution in [3.05, 3.63) is 96.2 Å². The number of nitrogens with zero attached hydrogens (tertiary/aromatic N) is 2. The molecule has 1 aliphatic rings. The molecule has 2 aromatic carbocycles. The molecule has 0 amide bonds. The highest BCUT2D eigenvalue weighted by atomic mass is 32.1. The summed E-state index contributed by atoms with van der Waals surface area (Å²) in [4.78, 5) is 44.0. The van der Waals surface area contributed by atoms with E-state index >= 15 is 0 Å². The molecule has 9 heteroatoms. The van der Waals surface area contributed by atoms with E-state index in [9.17, 15) is 14.4 Å². The third-order valence-corrected chi connectivity index (χ3v) is 6.91. The lowest BCUT2D eigenvalue weighted by atomic mass is 9.94. The van der Waals surface area contributed by atoms with E-state index in [-0.39, 0.29) is 12.2 Å². The Morgan fingerprint density at radius 3 is 2.49 bits per heavy atom. The van der Waals surface area contributed by atoms with Crippen LogP contribution in [0.25, 0.3) is 6.08 Å². The van der Waals surface area contributed by atoms with Crippen LogP contribution in [0, 0.1) is 0 Å². The Morgan fingerprint density at radius 2 is 1.84 bits per heavy atom. The Morgan fingerprint density at radius 1 is 1.08 bits per heavy atom. The number of rotatable bonds is 8. The molecule has 0 spiro atoms. The standard InChI is InChI=1S/C28H28N2O6S/c1-5-8-21-23(27(33)36-6-2)24(19-9-7-10-20(16-19)34-3)30-25(31)22(37-28(30)29-21)15-17-11-13-18(14-12-17)26(32)35-4/h7,9-16,24H,5-6,8H2,1-4H3/b22-15-/t24-/m1/s1. The number of methoxy groups -OCH3 is 2. The van der Waals surface area contributed by atoms with Crippen LogP contribution in [0.3, 0.4) is 0 Å². The fourth-order valence-electron chi connectivity index (χ4n) is 4.23. The summed E-state index contributed by atoms with van der Waals surface area (Å²) in [6, 6.07) is 13.4. The first kappa shape index (κ1) is 26.1. The zero-order valence-electron chi connectivity index (χ0n) is 21.1. The van der Waals surface area contributed by atoms with Crippen LogP contribution in [0.4, 0.5) is 0 Å². The van der Waals surface area contributed by atoms with E-state index in [1.165, 1.54) is 18.4 Å². The number of carbonyl (C=O) groups excluding carboxylic acids is 2. The summed E-state index contributed by atoms with van der Waals surface area (Å²) >= 11 is 1.26. The topological polar surface area (TPSA) is 96.2 Å². The number of allylic oxidation sites excluding steroid dienone is 1. The number of ether oxygens (including phenoxy) is 3. The first-order valence-electron chi connectivity index (χ1n) is 12.0. The highest BCUT2D eigenvalue weighted by molar-refractivity contribution is 7.07. The van der Waals surface area contributed by atoms with Gasteiger partial charge in [-0.1, -0.05) is 48.9 Å². The van der Waals surface area contributed by atoms with Crippen molar-refractivity contribution in [2.24, 2.45) is 4.99 Å². The largest absolute Gasteiger partial charge is 0.497 e. The van der Waals surface area contributed by atoms with Gasteiger partial charge in [0.25, 0.3) is 5.56 Å². The third-order valence-electron chi connectivity index (χ3n) is 5.93. The fraction of sp³-hybridized carbons (Fsp3) is 0.286. The average molecular weight is 521 g/mol. The lowest BCUT2D eigenvalue weighted by Gasteiger charge is -2.26.